The fraction of sp³-hybridized carbons (Fsp3) is 0.600. The van der Waals surface area contributed by atoms with Crippen molar-refractivity contribution in [1.29, 1.82) is 0 Å². The molecule has 1 aromatic carbocycles. The van der Waals surface area contributed by atoms with E-state index in [0.29, 0.717) is 17.8 Å². The molecule has 2 rings (SSSR count). The topological polar surface area (TPSA) is 44.3 Å². The van der Waals surface area contributed by atoms with E-state index in [1.807, 2.05) is 13.0 Å². The first-order chi connectivity index (χ1) is 8.65. The SMILES string of the molecule is Cc1cc(O)ccc1NC(C)CC1CCCCN1. The minimum absolute atomic E-state index is 0.333. The summed E-state index contributed by atoms with van der Waals surface area (Å²) < 4.78 is 0. The average Bonchev–Trinajstić information content (AvgIpc) is 2.34. The summed E-state index contributed by atoms with van der Waals surface area (Å²) in [4.78, 5) is 0. The van der Waals surface area contributed by atoms with Gasteiger partial charge in [0.05, 0.1) is 0 Å². The van der Waals surface area contributed by atoms with Crippen LogP contribution in [-0.4, -0.2) is 23.7 Å². The van der Waals surface area contributed by atoms with Gasteiger partial charge in [0.1, 0.15) is 5.75 Å². The molecule has 1 heterocycles. The maximum Gasteiger partial charge on any atom is 0.115 e. The van der Waals surface area contributed by atoms with Gasteiger partial charge in [-0.1, -0.05) is 6.42 Å². The van der Waals surface area contributed by atoms with E-state index >= 15 is 0 Å². The predicted molar refractivity (Wildman–Crippen MR) is 76.2 cm³/mol. The van der Waals surface area contributed by atoms with Crippen LogP contribution in [0.15, 0.2) is 18.2 Å². The van der Waals surface area contributed by atoms with Crippen molar-refractivity contribution in [3.05, 3.63) is 23.8 Å². The van der Waals surface area contributed by atoms with Gasteiger partial charge in [-0.05, 0) is 63.4 Å². The fourth-order valence-electron chi connectivity index (χ4n) is 2.69. The van der Waals surface area contributed by atoms with E-state index in [1.165, 1.54) is 19.3 Å². The molecule has 3 N–H and O–H groups in total. The van der Waals surface area contributed by atoms with Gasteiger partial charge in [0.15, 0.2) is 0 Å². The molecular formula is C15H24N2O. The van der Waals surface area contributed by atoms with Gasteiger partial charge in [0, 0.05) is 17.8 Å². The predicted octanol–water partition coefficient (Wildman–Crippen LogP) is 3.03. The minimum atomic E-state index is 0.333. The number of piperidine rings is 1. The summed E-state index contributed by atoms with van der Waals surface area (Å²) in [6, 6.07) is 6.59. The Balaban J connectivity index is 1.87. The van der Waals surface area contributed by atoms with E-state index in [4.69, 9.17) is 0 Å². The highest BCUT2D eigenvalue weighted by Crippen LogP contribution is 2.22. The van der Waals surface area contributed by atoms with E-state index < -0.39 is 0 Å². The van der Waals surface area contributed by atoms with Crippen LogP contribution in [0, 0.1) is 6.92 Å². The number of nitrogens with one attached hydrogen (secondary N) is 2. The Bertz CT molecular complexity index is 386. The highest BCUT2D eigenvalue weighted by atomic mass is 16.3. The lowest BCUT2D eigenvalue weighted by Crippen LogP contribution is -2.37. The van der Waals surface area contributed by atoms with Gasteiger partial charge in [0.2, 0.25) is 0 Å². The van der Waals surface area contributed by atoms with E-state index in [9.17, 15) is 5.11 Å². The zero-order chi connectivity index (χ0) is 13.0. The smallest absolute Gasteiger partial charge is 0.115 e. The third kappa shape index (κ3) is 3.64. The molecule has 0 bridgehead atoms. The number of hydrogen-bond donors (Lipinski definition) is 3. The number of phenolic OH excluding ortho intramolecular Hbond substituents is 1. The number of aromatic hydroxyl groups is 1. The lowest BCUT2D eigenvalue weighted by Gasteiger charge is -2.27. The molecule has 3 nitrogen and oxygen atoms in total. The van der Waals surface area contributed by atoms with Crippen LogP contribution in [0.4, 0.5) is 5.69 Å². The van der Waals surface area contributed by atoms with Gasteiger partial charge in [-0.15, -0.1) is 0 Å². The average molecular weight is 248 g/mol. The standard InChI is InChI=1S/C15H24N2O/c1-11-9-14(18)6-7-15(11)17-12(2)10-13-5-3-4-8-16-13/h6-7,9,12-13,16-18H,3-5,8,10H2,1-2H3. The highest BCUT2D eigenvalue weighted by Gasteiger charge is 2.15. The number of anilines is 1. The monoisotopic (exact) mass is 248 g/mol. The Morgan fingerprint density at radius 1 is 1.44 bits per heavy atom. The Hall–Kier alpha value is -1.22. The lowest BCUT2D eigenvalue weighted by molar-refractivity contribution is 0.371. The fourth-order valence-corrected chi connectivity index (χ4v) is 2.69. The van der Waals surface area contributed by atoms with Gasteiger partial charge < -0.3 is 15.7 Å². The summed E-state index contributed by atoms with van der Waals surface area (Å²) in [6.45, 7) is 5.41. The van der Waals surface area contributed by atoms with E-state index in [1.54, 1.807) is 12.1 Å². The zero-order valence-corrected chi connectivity index (χ0v) is 11.4. The van der Waals surface area contributed by atoms with E-state index in [2.05, 4.69) is 17.6 Å². The van der Waals surface area contributed by atoms with Crippen molar-refractivity contribution < 1.29 is 5.11 Å². The van der Waals surface area contributed by atoms with Crippen molar-refractivity contribution in [2.45, 2.75) is 51.6 Å². The molecule has 3 heteroatoms. The number of benzene rings is 1. The molecular weight excluding hydrogens is 224 g/mol. The second kappa shape index (κ2) is 6.10. The van der Waals surface area contributed by atoms with Crippen molar-refractivity contribution in [3.63, 3.8) is 0 Å². The lowest BCUT2D eigenvalue weighted by atomic mass is 9.98. The summed E-state index contributed by atoms with van der Waals surface area (Å²) in [5.41, 5.74) is 2.22. The molecule has 0 aromatic heterocycles. The van der Waals surface area contributed by atoms with Crippen LogP contribution in [0.2, 0.25) is 0 Å². The van der Waals surface area contributed by atoms with Gasteiger partial charge in [-0.2, -0.15) is 0 Å². The molecule has 2 unspecified atom stereocenters. The van der Waals surface area contributed by atoms with Gasteiger partial charge >= 0.3 is 0 Å². The van der Waals surface area contributed by atoms with Crippen molar-refractivity contribution >= 4 is 5.69 Å². The minimum Gasteiger partial charge on any atom is -0.508 e. The van der Waals surface area contributed by atoms with E-state index in [0.717, 1.165) is 24.2 Å². The maximum atomic E-state index is 9.39. The second-order valence-corrected chi connectivity index (χ2v) is 5.43. The number of hydrogen-bond acceptors (Lipinski definition) is 3. The summed E-state index contributed by atoms with van der Waals surface area (Å²) in [5, 5.41) is 16.5. The van der Waals surface area contributed by atoms with Crippen LogP contribution < -0.4 is 10.6 Å². The summed E-state index contributed by atoms with van der Waals surface area (Å²) in [6.07, 6.45) is 5.11. The molecule has 0 aliphatic carbocycles. The molecule has 1 aliphatic heterocycles. The Morgan fingerprint density at radius 3 is 2.94 bits per heavy atom. The van der Waals surface area contributed by atoms with Gasteiger partial charge in [-0.3, -0.25) is 0 Å². The van der Waals surface area contributed by atoms with Crippen LogP contribution in [0.3, 0.4) is 0 Å². The van der Waals surface area contributed by atoms with Crippen LogP contribution in [0.25, 0.3) is 0 Å². The summed E-state index contributed by atoms with van der Waals surface area (Å²) >= 11 is 0. The first-order valence-corrected chi connectivity index (χ1v) is 6.94. The molecule has 1 aliphatic rings. The molecule has 0 amide bonds. The maximum absolute atomic E-state index is 9.39. The molecule has 2 atom stereocenters. The molecule has 18 heavy (non-hydrogen) atoms. The largest absolute Gasteiger partial charge is 0.508 e. The van der Waals surface area contributed by atoms with Crippen LogP contribution >= 0.6 is 0 Å². The summed E-state index contributed by atoms with van der Waals surface area (Å²) in [7, 11) is 0. The highest BCUT2D eigenvalue weighted by molar-refractivity contribution is 5.53. The Kier molecular flexibility index (Phi) is 4.48. The molecule has 0 saturated carbocycles. The summed E-state index contributed by atoms with van der Waals surface area (Å²) in [5.74, 6) is 0.333. The molecule has 0 spiro atoms. The number of aryl methyl sites for hydroxylation is 1. The first kappa shape index (κ1) is 13.2. The number of rotatable bonds is 4. The second-order valence-electron chi connectivity index (χ2n) is 5.43. The Morgan fingerprint density at radius 2 is 2.28 bits per heavy atom. The zero-order valence-electron chi connectivity index (χ0n) is 11.4. The normalized spacial score (nSPS) is 21.6. The van der Waals surface area contributed by atoms with Crippen LogP contribution in [0.5, 0.6) is 5.75 Å². The quantitative estimate of drug-likeness (QED) is 0.718. The molecule has 1 aromatic rings. The third-order valence-corrected chi connectivity index (χ3v) is 3.66. The molecule has 1 saturated heterocycles. The van der Waals surface area contributed by atoms with Crippen molar-refractivity contribution in [1.82, 2.24) is 5.32 Å². The first-order valence-electron chi connectivity index (χ1n) is 6.94. The van der Waals surface area contributed by atoms with Crippen LogP contribution in [-0.2, 0) is 0 Å². The van der Waals surface area contributed by atoms with Crippen molar-refractivity contribution in [2.24, 2.45) is 0 Å². The third-order valence-electron chi connectivity index (χ3n) is 3.66. The Labute approximate surface area is 110 Å². The van der Waals surface area contributed by atoms with E-state index in [-0.39, 0.29) is 0 Å². The van der Waals surface area contributed by atoms with Crippen LogP contribution in [0.1, 0.15) is 38.2 Å². The van der Waals surface area contributed by atoms with Gasteiger partial charge in [-0.25, -0.2) is 0 Å². The van der Waals surface area contributed by atoms with Crippen molar-refractivity contribution in [2.75, 3.05) is 11.9 Å². The van der Waals surface area contributed by atoms with Crippen molar-refractivity contribution in [3.8, 4) is 5.75 Å². The molecule has 1 fully saturated rings. The number of phenols is 1. The molecule has 0 radical (unpaired) electrons. The molecule has 100 valence electrons. The van der Waals surface area contributed by atoms with Gasteiger partial charge in [0.25, 0.3) is 0 Å².